The summed E-state index contributed by atoms with van der Waals surface area (Å²) in [6.45, 7) is 0. The van der Waals surface area contributed by atoms with Gasteiger partial charge in [0.25, 0.3) is 0 Å². The molecule has 2 N–H and O–H groups in total. The Hall–Kier alpha value is -2.21. The Morgan fingerprint density at radius 1 is 1.35 bits per heavy atom. The van der Waals surface area contributed by atoms with Crippen LogP contribution >= 0.6 is 11.5 Å². The molecule has 0 aliphatic heterocycles. The summed E-state index contributed by atoms with van der Waals surface area (Å²) in [6, 6.07) is 8.20. The molecule has 0 atom stereocenters. The van der Waals surface area contributed by atoms with Gasteiger partial charge in [-0.1, -0.05) is 22.7 Å². The monoisotopic (exact) mass is 286 g/mol. The van der Waals surface area contributed by atoms with E-state index in [2.05, 4.69) is 32.0 Å². The molecule has 3 rings (SSSR count). The quantitative estimate of drug-likeness (QED) is 0.757. The summed E-state index contributed by atoms with van der Waals surface area (Å²) in [4.78, 5) is 15.0. The van der Waals surface area contributed by atoms with Crippen LogP contribution in [0.2, 0.25) is 0 Å². The average molecular weight is 286 g/mol. The average Bonchev–Trinajstić information content (AvgIpc) is 3.09. The normalized spacial score (nSPS) is 10.8. The van der Waals surface area contributed by atoms with Gasteiger partial charge in [-0.25, -0.2) is 0 Å². The van der Waals surface area contributed by atoms with Crippen LogP contribution in [0.3, 0.4) is 0 Å². The third-order valence-electron chi connectivity index (χ3n) is 3.15. The van der Waals surface area contributed by atoms with Crippen molar-refractivity contribution in [1.29, 1.82) is 0 Å². The highest BCUT2D eigenvalue weighted by molar-refractivity contribution is 7.10. The third kappa shape index (κ3) is 2.85. The Morgan fingerprint density at radius 2 is 2.25 bits per heavy atom. The van der Waals surface area contributed by atoms with E-state index in [1.165, 1.54) is 22.5 Å². The van der Waals surface area contributed by atoms with Crippen LogP contribution < -0.4 is 5.32 Å². The first kappa shape index (κ1) is 12.8. The molecule has 0 aliphatic carbocycles. The molecule has 0 saturated heterocycles. The fourth-order valence-electron chi connectivity index (χ4n) is 2.20. The summed E-state index contributed by atoms with van der Waals surface area (Å²) in [5.74, 6) is 0.0101. The van der Waals surface area contributed by atoms with E-state index < -0.39 is 0 Å². The molecule has 0 radical (unpaired) electrons. The van der Waals surface area contributed by atoms with Crippen molar-refractivity contribution in [2.24, 2.45) is 0 Å². The van der Waals surface area contributed by atoms with Crippen molar-refractivity contribution >= 4 is 33.3 Å². The zero-order valence-corrected chi connectivity index (χ0v) is 11.6. The lowest BCUT2D eigenvalue weighted by Crippen LogP contribution is -2.10. The van der Waals surface area contributed by atoms with Gasteiger partial charge >= 0.3 is 0 Å². The second-order valence-electron chi connectivity index (χ2n) is 4.54. The van der Waals surface area contributed by atoms with Gasteiger partial charge in [0.05, 0.1) is 6.20 Å². The Bertz CT molecular complexity index is 705. The molecule has 0 saturated carbocycles. The van der Waals surface area contributed by atoms with Gasteiger partial charge in [-0.15, -0.1) is 5.10 Å². The summed E-state index contributed by atoms with van der Waals surface area (Å²) in [6.07, 6.45) is 5.79. The van der Waals surface area contributed by atoms with Crippen LogP contribution in [0, 0.1) is 0 Å². The molecule has 5 nitrogen and oxygen atoms in total. The number of aromatic nitrogens is 3. The van der Waals surface area contributed by atoms with Crippen molar-refractivity contribution in [2.45, 2.75) is 19.3 Å². The first-order valence-electron chi connectivity index (χ1n) is 6.45. The number of rotatable bonds is 5. The van der Waals surface area contributed by atoms with Gasteiger partial charge in [0.15, 0.2) is 0 Å². The van der Waals surface area contributed by atoms with E-state index in [1.54, 1.807) is 6.20 Å². The van der Waals surface area contributed by atoms with Crippen molar-refractivity contribution < 1.29 is 4.79 Å². The number of para-hydroxylation sites is 1. The molecule has 1 aromatic carbocycles. The Morgan fingerprint density at radius 3 is 3.10 bits per heavy atom. The van der Waals surface area contributed by atoms with Gasteiger partial charge < -0.3 is 10.3 Å². The highest BCUT2D eigenvalue weighted by atomic mass is 32.1. The summed E-state index contributed by atoms with van der Waals surface area (Å²) in [7, 11) is 0. The second kappa shape index (κ2) is 5.83. The highest BCUT2D eigenvalue weighted by Crippen LogP contribution is 2.19. The summed E-state index contributed by atoms with van der Waals surface area (Å²) < 4.78 is 3.70. The summed E-state index contributed by atoms with van der Waals surface area (Å²) in [5, 5.41) is 8.40. The van der Waals surface area contributed by atoms with Crippen LogP contribution in [0.4, 0.5) is 5.00 Å². The maximum Gasteiger partial charge on any atom is 0.225 e. The lowest BCUT2D eigenvalue weighted by molar-refractivity contribution is -0.116. The number of hydrogen-bond acceptors (Lipinski definition) is 4. The highest BCUT2D eigenvalue weighted by Gasteiger charge is 2.06. The minimum Gasteiger partial charge on any atom is -0.361 e. The predicted molar refractivity (Wildman–Crippen MR) is 79.8 cm³/mol. The van der Waals surface area contributed by atoms with Gasteiger partial charge in [0.2, 0.25) is 5.91 Å². The molecular formula is C14H14N4OS. The van der Waals surface area contributed by atoms with E-state index in [0.29, 0.717) is 11.4 Å². The van der Waals surface area contributed by atoms with Crippen molar-refractivity contribution in [1.82, 2.24) is 14.6 Å². The summed E-state index contributed by atoms with van der Waals surface area (Å²) in [5.41, 5.74) is 2.40. The van der Waals surface area contributed by atoms with Crippen molar-refractivity contribution in [3.05, 3.63) is 42.2 Å². The van der Waals surface area contributed by atoms with E-state index in [-0.39, 0.29) is 5.91 Å². The largest absolute Gasteiger partial charge is 0.361 e. The van der Waals surface area contributed by atoms with Crippen molar-refractivity contribution in [3.8, 4) is 0 Å². The van der Waals surface area contributed by atoms with E-state index in [9.17, 15) is 4.79 Å². The minimum absolute atomic E-state index is 0.0101. The van der Waals surface area contributed by atoms with Crippen LogP contribution in [0.1, 0.15) is 18.4 Å². The number of amides is 1. The molecule has 6 heteroatoms. The van der Waals surface area contributed by atoms with Crippen LogP contribution in [0.25, 0.3) is 10.9 Å². The fraction of sp³-hybridized carbons (Fsp3) is 0.214. The van der Waals surface area contributed by atoms with Gasteiger partial charge in [0, 0.05) is 35.1 Å². The Balaban J connectivity index is 1.53. The molecule has 102 valence electrons. The number of carbonyl (C=O) groups is 1. The van der Waals surface area contributed by atoms with Crippen LogP contribution in [0.15, 0.2) is 36.7 Å². The number of benzene rings is 1. The molecule has 0 unspecified atom stereocenters. The number of aryl methyl sites for hydroxylation is 1. The molecule has 0 spiro atoms. The molecular weight excluding hydrogens is 272 g/mol. The Labute approximate surface area is 120 Å². The lowest BCUT2D eigenvalue weighted by atomic mass is 10.1. The molecule has 2 heterocycles. The number of carbonyl (C=O) groups excluding carboxylic acids is 1. The number of anilines is 1. The topological polar surface area (TPSA) is 70.7 Å². The van der Waals surface area contributed by atoms with Gasteiger partial charge in [0.1, 0.15) is 5.00 Å². The maximum atomic E-state index is 11.7. The SMILES string of the molecule is O=C(CCCc1c[nH]c2ccccc12)Nc1cnns1. The Kier molecular flexibility index (Phi) is 3.73. The van der Waals surface area contributed by atoms with Crippen LogP contribution in [-0.2, 0) is 11.2 Å². The fourth-order valence-corrected chi connectivity index (χ4v) is 2.64. The van der Waals surface area contributed by atoms with Crippen LogP contribution in [0.5, 0.6) is 0 Å². The number of fused-ring (bicyclic) bond motifs is 1. The minimum atomic E-state index is 0.0101. The molecule has 0 aliphatic rings. The predicted octanol–water partition coefficient (Wildman–Crippen LogP) is 2.98. The first-order chi connectivity index (χ1) is 9.83. The summed E-state index contributed by atoms with van der Waals surface area (Å²) >= 11 is 1.19. The molecule has 0 fully saturated rings. The van der Waals surface area contributed by atoms with E-state index in [4.69, 9.17) is 0 Å². The first-order valence-corrected chi connectivity index (χ1v) is 7.22. The molecule has 1 amide bonds. The number of nitrogens with one attached hydrogen (secondary N) is 2. The van der Waals surface area contributed by atoms with Gasteiger partial charge in [-0.3, -0.25) is 4.79 Å². The molecule has 3 aromatic rings. The maximum absolute atomic E-state index is 11.7. The zero-order valence-electron chi connectivity index (χ0n) is 10.8. The number of aromatic amines is 1. The van der Waals surface area contributed by atoms with Gasteiger partial charge in [-0.05, 0) is 24.5 Å². The van der Waals surface area contributed by atoms with E-state index >= 15 is 0 Å². The molecule has 20 heavy (non-hydrogen) atoms. The third-order valence-corrected chi connectivity index (χ3v) is 3.73. The number of H-pyrrole nitrogens is 1. The number of hydrogen-bond donors (Lipinski definition) is 2. The second-order valence-corrected chi connectivity index (χ2v) is 5.33. The van der Waals surface area contributed by atoms with Crippen LogP contribution in [-0.4, -0.2) is 20.5 Å². The van der Waals surface area contributed by atoms with Crippen molar-refractivity contribution in [2.75, 3.05) is 5.32 Å². The lowest BCUT2D eigenvalue weighted by Gasteiger charge is -2.01. The smallest absolute Gasteiger partial charge is 0.225 e. The zero-order chi connectivity index (χ0) is 13.8. The van der Waals surface area contributed by atoms with Crippen molar-refractivity contribution in [3.63, 3.8) is 0 Å². The molecule has 2 aromatic heterocycles. The van der Waals surface area contributed by atoms with E-state index in [1.807, 2.05) is 18.3 Å². The number of nitrogens with zero attached hydrogens (tertiary/aromatic N) is 2. The molecule has 0 bridgehead atoms. The van der Waals surface area contributed by atoms with E-state index in [0.717, 1.165) is 18.4 Å². The standard InChI is InChI=1S/C14H14N4OS/c19-13(17-14-9-16-18-20-14)7-3-4-10-8-15-12-6-2-1-5-11(10)12/h1-2,5-6,8-9,15H,3-4,7H2,(H,17,19). The van der Waals surface area contributed by atoms with Gasteiger partial charge in [-0.2, -0.15) is 0 Å².